The van der Waals surface area contributed by atoms with Gasteiger partial charge in [0.1, 0.15) is 5.75 Å². The van der Waals surface area contributed by atoms with Gasteiger partial charge in [-0.25, -0.2) is 43.3 Å². The molecule has 2 aromatic carbocycles. The number of urea groups is 6. The zero-order valence-corrected chi connectivity index (χ0v) is 44.5. The first-order valence-electron chi connectivity index (χ1n) is 22.8. The van der Waals surface area contributed by atoms with E-state index in [1.54, 1.807) is 102 Å². The molecule has 28 heteroatoms. The maximum atomic E-state index is 11.2. The van der Waals surface area contributed by atoms with Crippen LogP contribution in [-0.4, -0.2) is 230 Å². The van der Waals surface area contributed by atoms with E-state index in [2.05, 4.69) is 46.7 Å². The summed E-state index contributed by atoms with van der Waals surface area (Å²) in [7, 11) is 19.2. The lowest BCUT2D eigenvalue weighted by molar-refractivity contribution is -0.131. The van der Waals surface area contributed by atoms with Gasteiger partial charge in [-0.05, 0) is 49.7 Å². The Bertz CT molecular complexity index is 2130. The Balaban J connectivity index is 0.000000831. The summed E-state index contributed by atoms with van der Waals surface area (Å²) in [5.74, 6) is 0.293. The van der Waals surface area contributed by atoms with E-state index in [0.717, 1.165) is 57.9 Å². The van der Waals surface area contributed by atoms with Crippen molar-refractivity contribution >= 4 is 77.5 Å². The van der Waals surface area contributed by atoms with Crippen molar-refractivity contribution in [3.05, 3.63) is 54.6 Å². The monoisotopic (exact) mass is 1050 g/mol. The normalized spacial score (nSPS) is 16.3. The molecule has 0 saturated carbocycles. The summed E-state index contributed by atoms with van der Waals surface area (Å²) in [6, 6.07) is 15.5. The molecule has 5 aliphatic rings. The second-order valence-corrected chi connectivity index (χ2v) is 15.7. The van der Waals surface area contributed by atoms with E-state index >= 15 is 0 Å². The van der Waals surface area contributed by atoms with Gasteiger partial charge in [-0.15, -0.1) is 0 Å². The fraction of sp³-hybridized carbons (Fsp3) is 0.500. The van der Waals surface area contributed by atoms with Crippen molar-refractivity contribution in [2.24, 2.45) is 0 Å². The Labute approximate surface area is 431 Å². The summed E-state index contributed by atoms with van der Waals surface area (Å²) in [5, 5.41) is 17.6. The number of nitrogens with one attached hydrogen (secondary N) is 7. The number of amides is 17. The van der Waals surface area contributed by atoms with Gasteiger partial charge in [0, 0.05) is 134 Å². The Morgan fingerprint density at radius 2 is 1.11 bits per heavy atom. The molecule has 5 fully saturated rings. The lowest BCUT2D eigenvalue weighted by atomic mass is 10.1. The molecule has 2 aromatic rings. The van der Waals surface area contributed by atoms with Crippen molar-refractivity contribution in [2.45, 2.75) is 32.2 Å². The molecule has 7 N–H and O–H groups in total. The fourth-order valence-electron chi connectivity index (χ4n) is 5.30. The minimum Gasteiger partial charge on any atom is -0.497 e. The third-order valence-corrected chi connectivity index (χ3v) is 10.2. The van der Waals surface area contributed by atoms with Crippen LogP contribution in [0.5, 0.6) is 5.75 Å². The molecule has 0 aromatic heterocycles. The molecule has 74 heavy (non-hydrogen) atoms. The first-order valence-corrected chi connectivity index (χ1v) is 22.8. The maximum absolute atomic E-state index is 11.2. The highest BCUT2D eigenvalue weighted by Gasteiger charge is 2.31. The van der Waals surface area contributed by atoms with E-state index in [0.29, 0.717) is 26.0 Å². The standard InChI is InChI=1S/C9H12N2O2.C8H10N2O.C7H12N2O2.C6H10N2O2.C5H9NO2.C4H8N2O.C4H5NO3.C3H8N2O/c1-10-9(12)11-7-3-5-8(13-2)6-4-7;1-9-8(11)10-7-5-3-2-4-6-7;1-5-4-6(10)9(3)7(11)8(5)2;1-7-4-3-5(9)8(2)6(7)10;1-6-3-2-4-8-5(6)7;1-6-3-2-5-4(6)7;1-5-3(6)2-8-4(5)7;1-4-3(6)5-2/h3-6H,1-2H3,(H2,10,11,12);2-6H,1H3,(H2,9,10,11);5H,4H2,1-3H3;3-4H2,1-2H3;2-4H2,1H3;2-3H2,1H3,(H,5,7);2H2,1H3;1-2H3,(H2,4,5,6). The van der Waals surface area contributed by atoms with Crippen LogP contribution in [0.25, 0.3) is 0 Å². The van der Waals surface area contributed by atoms with Crippen LogP contribution in [0.4, 0.5) is 49.7 Å². The number of benzene rings is 2. The summed E-state index contributed by atoms with van der Waals surface area (Å²) in [6.07, 6.45) is 1.07. The highest BCUT2D eigenvalue weighted by Crippen LogP contribution is 2.15. The Kier molecular flexibility index (Phi) is 31.4. The van der Waals surface area contributed by atoms with E-state index in [-0.39, 0.29) is 72.7 Å². The van der Waals surface area contributed by atoms with Crippen molar-refractivity contribution in [3.8, 4) is 5.75 Å². The minimum absolute atomic E-state index is 0.0335. The van der Waals surface area contributed by atoms with Gasteiger partial charge in [0.2, 0.25) is 11.8 Å². The van der Waals surface area contributed by atoms with Crippen LogP contribution in [0.15, 0.2) is 54.6 Å². The van der Waals surface area contributed by atoms with E-state index in [1.165, 1.54) is 26.0 Å². The molecular weight excluding hydrogens is 973 g/mol. The predicted octanol–water partition coefficient (Wildman–Crippen LogP) is 2.31. The highest BCUT2D eigenvalue weighted by molar-refractivity contribution is 5.98. The average molecular weight is 1050 g/mol. The molecule has 1 atom stereocenters. The van der Waals surface area contributed by atoms with Crippen molar-refractivity contribution < 1.29 is 67.0 Å². The van der Waals surface area contributed by atoms with Gasteiger partial charge in [-0.1, -0.05) is 18.2 Å². The number of cyclic esters (lactones) is 2. The van der Waals surface area contributed by atoms with Gasteiger partial charge in [0.05, 0.1) is 13.7 Å². The van der Waals surface area contributed by atoms with E-state index in [4.69, 9.17) is 4.74 Å². The van der Waals surface area contributed by atoms with Crippen LogP contribution in [0.2, 0.25) is 0 Å². The Hall–Kier alpha value is -8.59. The van der Waals surface area contributed by atoms with Gasteiger partial charge in [0.25, 0.3) is 5.91 Å². The Morgan fingerprint density at radius 3 is 1.46 bits per heavy atom. The molecular formula is C46H74N14O14. The first-order chi connectivity index (χ1) is 34.9. The molecule has 0 bridgehead atoms. The van der Waals surface area contributed by atoms with Crippen LogP contribution in [0.1, 0.15) is 26.2 Å². The third-order valence-electron chi connectivity index (χ3n) is 10.2. The number of methoxy groups -OCH3 is 1. The fourth-order valence-corrected chi connectivity index (χ4v) is 5.30. The van der Waals surface area contributed by atoms with E-state index in [9.17, 15) is 52.7 Å². The summed E-state index contributed by atoms with van der Waals surface area (Å²) in [6.45, 7) is 5.37. The predicted molar refractivity (Wildman–Crippen MR) is 273 cm³/mol. The van der Waals surface area contributed by atoms with Crippen molar-refractivity contribution in [3.63, 3.8) is 0 Å². The lowest BCUT2D eigenvalue weighted by Gasteiger charge is -2.34. The molecule has 412 valence electrons. The SMILES string of the molecule is CC1CC(=O)N(C)C(=O)N1C.CN1C(=O)COC1=O.CN1CCC(=O)N(C)C1=O.CN1CCCOC1=O.CN1CCNC1=O.CNC(=O)NC.CNC(=O)Nc1ccc(OC)cc1.CNC(=O)Nc1ccccc1. The van der Waals surface area contributed by atoms with Crippen molar-refractivity contribution in [1.82, 2.24) is 60.9 Å². The Morgan fingerprint density at radius 1 is 0.581 bits per heavy atom. The largest absolute Gasteiger partial charge is 0.497 e. The highest BCUT2D eigenvalue weighted by atomic mass is 16.6. The van der Waals surface area contributed by atoms with Crippen LogP contribution in [-0.2, 0) is 23.9 Å². The number of carbonyl (C=O) groups excluding carboxylic acids is 11. The molecule has 5 heterocycles. The summed E-state index contributed by atoms with van der Waals surface area (Å²) < 4.78 is 14.0. The second kappa shape index (κ2) is 35.5. The van der Waals surface area contributed by atoms with E-state index < -0.39 is 6.09 Å². The number of ether oxygens (including phenoxy) is 3. The second-order valence-electron chi connectivity index (χ2n) is 15.7. The van der Waals surface area contributed by atoms with Gasteiger partial charge in [-0.3, -0.25) is 24.2 Å². The number of anilines is 2. The van der Waals surface area contributed by atoms with E-state index in [1.807, 2.05) is 37.3 Å². The first kappa shape index (κ1) is 65.4. The molecule has 5 aliphatic heterocycles. The molecule has 17 amide bonds. The smallest absolute Gasteiger partial charge is 0.416 e. The molecule has 0 aliphatic carbocycles. The van der Waals surface area contributed by atoms with Crippen molar-refractivity contribution in [1.29, 1.82) is 0 Å². The van der Waals surface area contributed by atoms with Gasteiger partial charge in [-0.2, -0.15) is 0 Å². The number of hydrogen-bond donors (Lipinski definition) is 7. The third kappa shape index (κ3) is 25.5. The minimum atomic E-state index is -0.560. The average Bonchev–Trinajstić information content (AvgIpc) is 3.93. The number of imide groups is 3. The number of hydrogen-bond acceptors (Lipinski definition) is 14. The molecule has 5 saturated heterocycles. The number of carbonyl (C=O) groups is 11. The molecule has 28 nitrogen and oxygen atoms in total. The summed E-state index contributed by atoms with van der Waals surface area (Å²) in [5.41, 5.74) is 1.53. The number of rotatable bonds is 3. The van der Waals surface area contributed by atoms with Crippen molar-refractivity contribution in [2.75, 3.05) is 135 Å². The zero-order chi connectivity index (χ0) is 56.5. The molecule has 0 spiro atoms. The van der Waals surface area contributed by atoms with Gasteiger partial charge >= 0.3 is 48.4 Å². The van der Waals surface area contributed by atoms with Crippen LogP contribution >= 0.6 is 0 Å². The lowest BCUT2D eigenvalue weighted by Crippen LogP contribution is -2.52. The molecule has 7 rings (SSSR count). The number of nitrogens with zero attached hydrogens (tertiary/aromatic N) is 7. The van der Waals surface area contributed by atoms with Crippen LogP contribution in [0.3, 0.4) is 0 Å². The van der Waals surface area contributed by atoms with Crippen LogP contribution < -0.4 is 42.0 Å². The van der Waals surface area contributed by atoms with Crippen LogP contribution in [0, 0.1) is 0 Å². The summed E-state index contributed by atoms with van der Waals surface area (Å²) in [4.78, 5) is 127. The molecule has 0 radical (unpaired) electrons. The van der Waals surface area contributed by atoms with Gasteiger partial charge < -0.3 is 71.0 Å². The number of likely N-dealkylation sites (N-methyl/N-ethyl adjacent to an activating group) is 2. The topological polar surface area (TPSA) is 322 Å². The van der Waals surface area contributed by atoms with Gasteiger partial charge in [0.15, 0.2) is 6.61 Å². The summed E-state index contributed by atoms with van der Waals surface area (Å²) >= 11 is 0. The maximum Gasteiger partial charge on any atom is 0.416 e. The zero-order valence-electron chi connectivity index (χ0n) is 44.5. The quantitative estimate of drug-likeness (QED) is 0.232. The number of para-hydroxylation sites is 1. The molecule has 1 unspecified atom stereocenters.